The van der Waals surface area contributed by atoms with Crippen molar-refractivity contribution in [2.24, 2.45) is 5.92 Å². The second kappa shape index (κ2) is 8.88. The second-order valence-electron chi connectivity index (χ2n) is 6.56. The Morgan fingerprint density at radius 1 is 1.15 bits per heavy atom. The molecule has 1 heterocycles. The molecule has 1 aromatic carbocycles. The minimum atomic E-state index is -4.51. The van der Waals surface area contributed by atoms with Gasteiger partial charge in [0.2, 0.25) is 11.8 Å². The molecule has 0 spiro atoms. The molecule has 2 amide bonds. The number of carboxylic acids is 1. The van der Waals surface area contributed by atoms with Crippen molar-refractivity contribution in [3.05, 3.63) is 35.4 Å². The lowest BCUT2D eigenvalue weighted by atomic mass is 9.88. The third-order valence-corrected chi connectivity index (χ3v) is 4.52. The topological polar surface area (TPSA) is 86.7 Å². The second-order valence-corrected chi connectivity index (χ2v) is 6.56. The molecular formula is C18H21F3N2O4. The van der Waals surface area contributed by atoms with Gasteiger partial charge in [-0.3, -0.25) is 9.59 Å². The zero-order valence-electron chi connectivity index (χ0n) is 14.6. The molecule has 2 rings (SSSR count). The Morgan fingerprint density at radius 2 is 1.78 bits per heavy atom. The Labute approximate surface area is 154 Å². The molecule has 1 aliphatic rings. The first-order chi connectivity index (χ1) is 12.7. The molecule has 2 N–H and O–H groups in total. The molecule has 0 radical (unpaired) electrons. The van der Waals surface area contributed by atoms with Crippen molar-refractivity contribution < 1.29 is 32.7 Å². The fourth-order valence-electron chi connectivity index (χ4n) is 3.11. The average molecular weight is 386 g/mol. The summed E-state index contributed by atoms with van der Waals surface area (Å²) in [5, 5.41) is 10.9. The van der Waals surface area contributed by atoms with Crippen LogP contribution in [0.2, 0.25) is 0 Å². The van der Waals surface area contributed by atoms with Crippen molar-refractivity contribution >= 4 is 17.8 Å². The number of aromatic carboxylic acids is 1. The van der Waals surface area contributed by atoms with Crippen LogP contribution in [0.15, 0.2) is 24.3 Å². The van der Waals surface area contributed by atoms with E-state index in [0.29, 0.717) is 32.4 Å². The van der Waals surface area contributed by atoms with Crippen molar-refractivity contribution in [2.75, 3.05) is 19.6 Å². The molecule has 1 aliphatic heterocycles. The van der Waals surface area contributed by atoms with Gasteiger partial charge in [0.15, 0.2) is 0 Å². The molecule has 0 unspecified atom stereocenters. The van der Waals surface area contributed by atoms with Crippen molar-refractivity contribution in [1.82, 2.24) is 10.2 Å². The number of nitrogens with one attached hydrogen (secondary N) is 1. The van der Waals surface area contributed by atoms with E-state index >= 15 is 0 Å². The summed E-state index contributed by atoms with van der Waals surface area (Å²) in [6.07, 6.45) is -3.25. The van der Waals surface area contributed by atoms with E-state index in [4.69, 9.17) is 0 Å². The summed E-state index contributed by atoms with van der Waals surface area (Å²) in [7, 11) is 0. The minimum Gasteiger partial charge on any atom is -0.478 e. The standard InChI is InChI=1S/C18H21F3N2O4/c19-18(20,21)11-22-15(24)10-16(25)23-7-5-12(6-8-23)9-13-3-1-2-4-14(13)17(26)27/h1-4,12H,5-11H2,(H,22,24)(H,26,27). The summed E-state index contributed by atoms with van der Waals surface area (Å²) >= 11 is 0. The van der Waals surface area contributed by atoms with Crippen molar-refractivity contribution in [2.45, 2.75) is 31.9 Å². The van der Waals surface area contributed by atoms with E-state index in [1.165, 1.54) is 4.90 Å². The Balaban J connectivity index is 1.80. The number of hydrogen-bond donors (Lipinski definition) is 2. The van der Waals surface area contributed by atoms with Crippen LogP contribution < -0.4 is 5.32 Å². The van der Waals surface area contributed by atoms with Crippen molar-refractivity contribution in [1.29, 1.82) is 0 Å². The molecule has 0 saturated carbocycles. The molecule has 1 fully saturated rings. The molecule has 148 valence electrons. The first-order valence-electron chi connectivity index (χ1n) is 8.58. The molecule has 1 aromatic rings. The number of rotatable bonds is 6. The number of carbonyl (C=O) groups is 3. The number of nitrogens with zero attached hydrogens (tertiary/aromatic N) is 1. The van der Waals surface area contributed by atoms with Gasteiger partial charge in [0, 0.05) is 13.1 Å². The van der Waals surface area contributed by atoms with E-state index in [9.17, 15) is 32.7 Å². The highest BCUT2D eigenvalue weighted by Crippen LogP contribution is 2.24. The summed E-state index contributed by atoms with van der Waals surface area (Å²) in [6.45, 7) is -0.666. The smallest absolute Gasteiger partial charge is 0.405 e. The molecule has 6 nitrogen and oxygen atoms in total. The lowest BCUT2D eigenvalue weighted by molar-refractivity contribution is -0.143. The van der Waals surface area contributed by atoms with Crippen molar-refractivity contribution in [3.8, 4) is 0 Å². The van der Waals surface area contributed by atoms with Crippen LogP contribution in [0.1, 0.15) is 35.2 Å². The van der Waals surface area contributed by atoms with E-state index in [-0.39, 0.29) is 11.5 Å². The van der Waals surface area contributed by atoms with Gasteiger partial charge in [0.1, 0.15) is 13.0 Å². The first kappa shape index (κ1) is 20.7. The predicted molar refractivity (Wildman–Crippen MR) is 90.1 cm³/mol. The summed E-state index contributed by atoms with van der Waals surface area (Å²) in [5.74, 6) is -2.23. The summed E-state index contributed by atoms with van der Waals surface area (Å²) < 4.78 is 36.2. The molecule has 1 saturated heterocycles. The molecule has 0 bridgehead atoms. The maximum atomic E-state index is 12.1. The van der Waals surface area contributed by atoms with Gasteiger partial charge in [-0.2, -0.15) is 13.2 Å². The van der Waals surface area contributed by atoms with Gasteiger partial charge in [0.05, 0.1) is 5.56 Å². The van der Waals surface area contributed by atoms with Crippen LogP contribution >= 0.6 is 0 Å². The highest BCUT2D eigenvalue weighted by Gasteiger charge is 2.29. The van der Waals surface area contributed by atoms with Gasteiger partial charge >= 0.3 is 12.1 Å². The minimum absolute atomic E-state index is 0.202. The van der Waals surface area contributed by atoms with Crippen LogP contribution in [0.5, 0.6) is 0 Å². The van der Waals surface area contributed by atoms with Gasteiger partial charge in [-0.15, -0.1) is 0 Å². The monoisotopic (exact) mass is 386 g/mol. The Kier molecular flexibility index (Phi) is 6.81. The highest BCUT2D eigenvalue weighted by molar-refractivity contribution is 5.96. The van der Waals surface area contributed by atoms with Gasteiger partial charge in [-0.1, -0.05) is 18.2 Å². The van der Waals surface area contributed by atoms with Crippen LogP contribution in [0.25, 0.3) is 0 Å². The number of likely N-dealkylation sites (tertiary alicyclic amines) is 1. The predicted octanol–water partition coefficient (Wildman–Crippen LogP) is 2.23. The van der Waals surface area contributed by atoms with Crippen LogP contribution in [0.3, 0.4) is 0 Å². The van der Waals surface area contributed by atoms with Crippen molar-refractivity contribution in [3.63, 3.8) is 0 Å². The maximum absolute atomic E-state index is 12.1. The lowest BCUT2D eigenvalue weighted by Crippen LogP contribution is -2.42. The van der Waals surface area contributed by atoms with E-state index < -0.39 is 36.9 Å². The van der Waals surface area contributed by atoms with E-state index in [0.717, 1.165) is 5.56 Å². The van der Waals surface area contributed by atoms with Gasteiger partial charge in [0.25, 0.3) is 0 Å². The van der Waals surface area contributed by atoms with Gasteiger partial charge in [-0.05, 0) is 36.8 Å². The van der Waals surface area contributed by atoms with Crippen LogP contribution in [0, 0.1) is 5.92 Å². The number of carbonyl (C=O) groups excluding carboxylic acids is 2. The lowest BCUT2D eigenvalue weighted by Gasteiger charge is -2.32. The van der Waals surface area contributed by atoms with Crippen LogP contribution in [-0.4, -0.2) is 53.6 Å². The van der Waals surface area contributed by atoms with Crippen LogP contribution in [0.4, 0.5) is 13.2 Å². The molecule has 0 aromatic heterocycles. The summed E-state index contributed by atoms with van der Waals surface area (Å²) in [4.78, 5) is 36.2. The third-order valence-electron chi connectivity index (χ3n) is 4.52. The molecule has 27 heavy (non-hydrogen) atoms. The number of benzene rings is 1. The normalized spacial score (nSPS) is 15.4. The summed E-state index contributed by atoms with van der Waals surface area (Å²) in [6, 6.07) is 6.76. The zero-order chi connectivity index (χ0) is 20.0. The Morgan fingerprint density at radius 3 is 2.37 bits per heavy atom. The Hall–Kier alpha value is -2.58. The fraction of sp³-hybridized carbons (Fsp3) is 0.500. The first-order valence-corrected chi connectivity index (χ1v) is 8.58. The Bertz CT molecular complexity index is 698. The van der Waals surface area contributed by atoms with E-state index in [1.54, 1.807) is 29.6 Å². The zero-order valence-corrected chi connectivity index (χ0v) is 14.6. The van der Waals surface area contributed by atoms with E-state index in [2.05, 4.69) is 0 Å². The van der Waals surface area contributed by atoms with Gasteiger partial charge in [-0.25, -0.2) is 4.79 Å². The van der Waals surface area contributed by atoms with Gasteiger partial charge < -0.3 is 15.3 Å². The number of carboxylic acid groups (broad SMARTS) is 1. The number of piperidine rings is 1. The largest absolute Gasteiger partial charge is 0.478 e. The molecule has 0 atom stereocenters. The molecule has 9 heteroatoms. The fourth-order valence-corrected chi connectivity index (χ4v) is 3.11. The number of halogens is 3. The number of alkyl halides is 3. The molecular weight excluding hydrogens is 365 g/mol. The third kappa shape index (κ3) is 6.58. The average Bonchev–Trinajstić information content (AvgIpc) is 2.60. The van der Waals surface area contributed by atoms with Crippen LogP contribution in [-0.2, 0) is 16.0 Å². The highest BCUT2D eigenvalue weighted by atomic mass is 19.4. The number of amides is 2. The SMILES string of the molecule is O=C(CC(=O)N1CCC(Cc2ccccc2C(=O)O)CC1)NCC(F)(F)F. The maximum Gasteiger partial charge on any atom is 0.405 e. The molecule has 0 aliphatic carbocycles. The number of hydrogen-bond acceptors (Lipinski definition) is 3. The summed E-state index contributed by atoms with van der Waals surface area (Å²) in [5.41, 5.74) is 0.999. The quantitative estimate of drug-likeness (QED) is 0.734. The van der Waals surface area contributed by atoms with E-state index in [1.807, 2.05) is 0 Å².